The summed E-state index contributed by atoms with van der Waals surface area (Å²) in [6, 6.07) is 7.30. The van der Waals surface area contributed by atoms with Crippen molar-refractivity contribution in [2.45, 2.75) is 18.9 Å². The summed E-state index contributed by atoms with van der Waals surface area (Å²) in [6.07, 6.45) is 0.758. The number of aliphatic carboxylic acids is 1. The zero-order valence-electron chi connectivity index (χ0n) is 11.8. The van der Waals surface area contributed by atoms with Crippen LogP contribution in [0.2, 0.25) is 5.02 Å². The van der Waals surface area contributed by atoms with Gasteiger partial charge in [-0.2, -0.15) is 0 Å². The molecule has 0 radical (unpaired) electrons. The summed E-state index contributed by atoms with van der Waals surface area (Å²) < 4.78 is 11.1. The molecule has 1 aliphatic rings. The predicted molar refractivity (Wildman–Crippen MR) is 80.0 cm³/mol. The first kappa shape index (κ1) is 16.1. The molecule has 1 N–H and O–H groups in total. The molecule has 0 bridgehead atoms. The van der Waals surface area contributed by atoms with E-state index in [4.69, 9.17) is 26.2 Å². The third-order valence-electron chi connectivity index (χ3n) is 3.33. The number of halogens is 1. The molecule has 0 aromatic heterocycles. The molecule has 1 aromatic rings. The van der Waals surface area contributed by atoms with Gasteiger partial charge >= 0.3 is 5.97 Å². The lowest BCUT2D eigenvalue weighted by Crippen LogP contribution is -2.43. The highest BCUT2D eigenvalue weighted by Gasteiger charge is 2.22. The van der Waals surface area contributed by atoms with Crippen LogP contribution in [0.25, 0.3) is 0 Å². The fourth-order valence-corrected chi connectivity index (χ4v) is 2.44. The third kappa shape index (κ3) is 5.91. The van der Waals surface area contributed by atoms with Crippen molar-refractivity contribution >= 4 is 17.6 Å². The Morgan fingerprint density at radius 1 is 1.43 bits per heavy atom. The standard InChI is InChI=1S/C15H20ClNO4/c16-12-2-4-13(5-3-12)20-8-1-6-17-7-9-21-14(11-17)10-15(18)19/h2-5,14H,1,6-11H2,(H,18,19). The van der Waals surface area contributed by atoms with E-state index in [2.05, 4.69) is 4.90 Å². The van der Waals surface area contributed by atoms with E-state index in [-0.39, 0.29) is 12.5 Å². The first-order valence-corrected chi connectivity index (χ1v) is 7.45. The van der Waals surface area contributed by atoms with Gasteiger partial charge in [-0.25, -0.2) is 0 Å². The Bertz CT molecular complexity index is 451. The van der Waals surface area contributed by atoms with E-state index < -0.39 is 5.97 Å². The average Bonchev–Trinajstić information content (AvgIpc) is 2.45. The van der Waals surface area contributed by atoms with E-state index in [1.807, 2.05) is 12.1 Å². The first-order chi connectivity index (χ1) is 10.1. The molecule has 116 valence electrons. The number of hydrogen-bond donors (Lipinski definition) is 1. The van der Waals surface area contributed by atoms with Crippen molar-refractivity contribution in [1.82, 2.24) is 4.90 Å². The molecule has 1 fully saturated rings. The van der Waals surface area contributed by atoms with Gasteiger partial charge < -0.3 is 14.6 Å². The molecule has 6 heteroatoms. The van der Waals surface area contributed by atoms with Crippen molar-refractivity contribution in [2.75, 3.05) is 32.8 Å². The maximum atomic E-state index is 10.7. The summed E-state index contributed by atoms with van der Waals surface area (Å²) in [7, 11) is 0. The molecule has 1 aromatic carbocycles. The topological polar surface area (TPSA) is 59.0 Å². The van der Waals surface area contributed by atoms with Crippen molar-refractivity contribution in [3.8, 4) is 5.75 Å². The van der Waals surface area contributed by atoms with Crippen molar-refractivity contribution in [2.24, 2.45) is 0 Å². The van der Waals surface area contributed by atoms with E-state index in [9.17, 15) is 4.79 Å². The van der Waals surface area contributed by atoms with E-state index in [1.54, 1.807) is 12.1 Å². The van der Waals surface area contributed by atoms with Gasteiger partial charge in [-0.15, -0.1) is 0 Å². The normalized spacial score (nSPS) is 19.4. The molecule has 21 heavy (non-hydrogen) atoms. The predicted octanol–water partition coefficient (Wildman–Crippen LogP) is 2.28. The molecule has 1 saturated heterocycles. The van der Waals surface area contributed by atoms with E-state index in [0.717, 1.165) is 25.3 Å². The number of carbonyl (C=O) groups is 1. The molecule has 5 nitrogen and oxygen atoms in total. The van der Waals surface area contributed by atoms with Crippen LogP contribution in [-0.2, 0) is 9.53 Å². The van der Waals surface area contributed by atoms with Crippen LogP contribution in [0.4, 0.5) is 0 Å². The second kappa shape index (κ2) is 8.22. The fourth-order valence-electron chi connectivity index (χ4n) is 2.31. The summed E-state index contributed by atoms with van der Waals surface area (Å²) in [5.41, 5.74) is 0. The molecule has 0 aliphatic carbocycles. The molecule has 1 atom stereocenters. The third-order valence-corrected chi connectivity index (χ3v) is 3.58. The van der Waals surface area contributed by atoms with E-state index in [1.165, 1.54) is 0 Å². The molecule has 0 saturated carbocycles. The van der Waals surface area contributed by atoms with Gasteiger partial charge in [0.05, 0.1) is 25.7 Å². The van der Waals surface area contributed by atoms with Gasteiger partial charge in [0.25, 0.3) is 0 Å². The molecule has 0 amide bonds. The van der Waals surface area contributed by atoms with Crippen molar-refractivity contribution < 1.29 is 19.4 Å². The average molecular weight is 314 g/mol. The zero-order chi connectivity index (χ0) is 15.1. The monoisotopic (exact) mass is 313 g/mol. The second-order valence-electron chi connectivity index (χ2n) is 5.05. The SMILES string of the molecule is O=C(O)CC1CN(CCCOc2ccc(Cl)cc2)CCO1. The maximum Gasteiger partial charge on any atom is 0.306 e. The van der Waals surface area contributed by atoms with E-state index in [0.29, 0.717) is 24.8 Å². The van der Waals surface area contributed by atoms with Gasteiger partial charge in [0.15, 0.2) is 0 Å². The zero-order valence-corrected chi connectivity index (χ0v) is 12.6. The number of nitrogens with zero attached hydrogens (tertiary/aromatic N) is 1. The lowest BCUT2D eigenvalue weighted by Gasteiger charge is -2.32. The van der Waals surface area contributed by atoms with Crippen LogP contribution in [0.15, 0.2) is 24.3 Å². The maximum absolute atomic E-state index is 10.7. The number of carboxylic acid groups (broad SMARTS) is 1. The fraction of sp³-hybridized carbons (Fsp3) is 0.533. The molecule has 1 unspecified atom stereocenters. The Morgan fingerprint density at radius 2 is 2.19 bits per heavy atom. The van der Waals surface area contributed by atoms with Gasteiger partial charge in [-0.3, -0.25) is 9.69 Å². The van der Waals surface area contributed by atoms with Crippen LogP contribution in [0.5, 0.6) is 5.75 Å². The number of rotatable bonds is 7. The Kier molecular flexibility index (Phi) is 6.29. The smallest absolute Gasteiger partial charge is 0.306 e. The molecule has 1 heterocycles. The Morgan fingerprint density at radius 3 is 2.90 bits per heavy atom. The van der Waals surface area contributed by atoms with Crippen LogP contribution in [0, 0.1) is 0 Å². The number of morpholine rings is 1. The lowest BCUT2D eigenvalue weighted by molar-refractivity contribution is -0.142. The molecule has 0 spiro atoms. The summed E-state index contributed by atoms with van der Waals surface area (Å²) in [6.45, 7) is 3.62. The highest BCUT2D eigenvalue weighted by Crippen LogP contribution is 2.16. The second-order valence-corrected chi connectivity index (χ2v) is 5.48. The highest BCUT2D eigenvalue weighted by molar-refractivity contribution is 6.30. The van der Waals surface area contributed by atoms with Gasteiger partial charge in [0.2, 0.25) is 0 Å². The number of carboxylic acids is 1. The van der Waals surface area contributed by atoms with Crippen LogP contribution in [-0.4, -0.2) is 54.9 Å². The number of hydrogen-bond acceptors (Lipinski definition) is 4. The molecular formula is C15H20ClNO4. The summed E-state index contributed by atoms with van der Waals surface area (Å²) >= 11 is 5.81. The van der Waals surface area contributed by atoms with Crippen molar-refractivity contribution in [3.63, 3.8) is 0 Å². The van der Waals surface area contributed by atoms with E-state index >= 15 is 0 Å². The van der Waals surface area contributed by atoms with Gasteiger partial charge in [-0.05, 0) is 30.7 Å². The summed E-state index contributed by atoms with van der Waals surface area (Å²) in [5.74, 6) is -0.00180. The van der Waals surface area contributed by atoms with Crippen LogP contribution < -0.4 is 4.74 Å². The van der Waals surface area contributed by atoms with Crippen molar-refractivity contribution in [3.05, 3.63) is 29.3 Å². The van der Waals surface area contributed by atoms with Crippen molar-refractivity contribution in [1.29, 1.82) is 0 Å². The number of ether oxygens (including phenoxy) is 2. The molecule has 2 rings (SSSR count). The van der Waals surface area contributed by atoms with Crippen LogP contribution in [0.1, 0.15) is 12.8 Å². The first-order valence-electron chi connectivity index (χ1n) is 7.07. The van der Waals surface area contributed by atoms with Crippen LogP contribution >= 0.6 is 11.6 Å². The number of benzene rings is 1. The molecular weight excluding hydrogens is 294 g/mol. The van der Waals surface area contributed by atoms with Gasteiger partial charge in [-0.1, -0.05) is 11.6 Å². The van der Waals surface area contributed by atoms with Gasteiger partial charge in [0, 0.05) is 24.7 Å². The Hall–Kier alpha value is -1.30. The largest absolute Gasteiger partial charge is 0.494 e. The Balaban J connectivity index is 1.64. The molecule has 1 aliphatic heterocycles. The quantitative estimate of drug-likeness (QED) is 0.783. The minimum atomic E-state index is -0.812. The lowest BCUT2D eigenvalue weighted by atomic mass is 10.2. The summed E-state index contributed by atoms with van der Waals surface area (Å²) in [5, 5.41) is 9.48. The minimum absolute atomic E-state index is 0.0672. The van der Waals surface area contributed by atoms with Crippen LogP contribution in [0.3, 0.4) is 0 Å². The highest BCUT2D eigenvalue weighted by atomic mass is 35.5. The van der Waals surface area contributed by atoms with Gasteiger partial charge in [0.1, 0.15) is 5.75 Å². The minimum Gasteiger partial charge on any atom is -0.494 e. The Labute approximate surface area is 129 Å². The summed E-state index contributed by atoms with van der Waals surface area (Å²) in [4.78, 5) is 12.9.